The Kier molecular flexibility index (Phi) is 3.56. The molecule has 0 heterocycles. The van der Waals surface area contributed by atoms with Gasteiger partial charge in [0.15, 0.2) is 0 Å². The summed E-state index contributed by atoms with van der Waals surface area (Å²) >= 11 is 0. The number of halogens is 1. The average Bonchev–Trinajstić information content (AvgIpc) is 3.29. The van der Waals surface area contributed by atoms with Gasteiger partial charge in [0.05, 0.1) is 11.5 Å². The summed E-state index contributed by atoms with van der Waals surface area (Å²) in [5.41, 5.74) is 0.00210. The van der Waals surface area contributed by atoms with Crippen LogP contribution in [-0.4, -0.2) is 19.6 Å². The highest BCUT2D eigenvalue weighted by molar-refractivity contribution is 7.89. The molecule has 110 valence electrons. The van der Waals surface area contributed by atoms with Crippen LogP contribution in [0.2, 0.25) is 0 Å². The van der Waals surface area contributed by atoms with Gasteiger partial charge in [-0.1, -0.05) is 0 Å². The molecule has 4 nitrogen and oxygen atoms in total. The van der Waals surface area contributed by atoms with Crippen molar-refractivity contribution >= 4 is 10.0 Å². The van der Waals surface area contributed by atoms with E-state index in [1.54, 1.807) is 0 Å². The minimum absolute atomic E-state index is 0.00210. The Morgan fingerprint density at radius 1 is 1.25 bits per heavy atom. The molecule has 6 heteroatoms. The summed E-state index contributed by atoms with van der Waals surface area (Å²) in [4.78, 5) is 0.0225. The zero-order valence-corrected chi connectivity index (χ0v) is 11.9. The molecular weight excluding hydrogens is 281 g/mol. The molecule has 2 N–H and O–H groups in total. The van der Waals surface area contributed by atoms with E-state index in [-0.39, 0.29) is 16.5 Å². The van der Waals surface area contributed by atoms with Gasteiger partial charge in [-0.2, -0.15) is 0 Å². The standard InChI is InChI=1S/C14H18FNO3S/c15-13-6-5-12(7-11(13)8-17)20(18,19)16-14(9-1-2-9)10-3-4-10/h5-7,9-10,14,16-17H,1-4,8H2. The molecule has 0 atom stereocenters. The number of benzene rings is 1. The van der Waals surface area contributed by atoms with Gasteiger partial charge in [-0.25, -0.2) is 17.5 Å². The molecule has 20 heavy (non-hydrogen) atoms. The smallest absolute Gasteiger partial charge is 0.240 e. The van der Waals surface area contributed by atoms with Gasteiger partial charge in [-0.3, -0.25) is 0 Å². The van der Waals surface area contributed by atoms with E-state index < -0.39 is 22.4 Å². The first kappa shape index (κ1) is 14.0. The monoisotopic (exact) mass is 299 g/mol. The average molecular weight is 299 g/mol. The first-order valence-electron chi connectivity index (χ1n) is 6.93. The fourth-order valence-corrected chi connectivity index (χ4v) is 4.00. The summed E-state index contributed by atoms with van der Waals surface area (Å²) in [7, 11) is -3.65. The summed E-state index contributed by atoms with van der Waals surface area (Å²) in [5.74, 6) is 0.317. The van der Waals surface area contributed by atoms with Gasteiger partial charge in [0.25, 0.3) is 0 Å². The largest absolute Gasteiger partial charge is 0.392 e. The van der Waals surface area contributed by atoms with E-state index in [0.29, 0.717) is 11.8 Å². The highest BCUT2D eigenvalue weighted by Crippen LogP contribution is 2.45. The van der Waals surface area contributed by atoms with E-state index in [1.807, 2.05) is 0 Å². The zero-order chi connectivity index (χ0) is 14.3. The molecule has 0 radical (unpaired) electrons. The minimum atomic E-state index is -3.65. The SMILES string of the molecule is O=S(=O)(NC(C1CC1)C1CC1)c1ccc(F)c(CO)c1. The van der Waals surface area contributed by atoms with Crippen molar-refractivity contribution in [2.45, 2.75) is 43.2 Å². The van der Waals surface area contributed by atoms with Gasteiger partial charge in [0.2, 0.25) is 10.0 Å². The predicted molar refractivity (Wildman–Crippen MR) is 71.9 cm³/mol. The lowest BCUT2D eigenvalue weighted by atomic mass is 10.1. The second-order valence-corrected chi connectivity index (χ2v) is 7.45. The number of aliphatic hydroxyl groups excluding tert-OH is 1. The van der Waals surface area contributed by atoms with Gasteiger partial charge in [-0.15, -0.1) is 0 Å². The van der Waals surface area contributed by atoms with Crippen LogP contribution >= 0.6 is 0 Å². The zero-order valence-electron chi connectivity index (χ0n) is 11.0. The third-order valence-corrected chi connectivity index (χ3v) is 5.51. The molecule has 2 aliphatic rings. The van der Waals surface area contributed by atoms with Crippen molar-refractivity contribution in [2.24, 2.45) is 11.8 Å². The van der Waals surface area contributed by atoms with Gasteiger partial charge in [0, 0.05) is 11.6 Å². The maximum Gasteiger partial charge on any atom is 0.240 e. The molecule has 0 amide bonds. The molecule has 0 aromatic heterocycles. The first-order valence-corrected chi connectivity index (χ1v) is 8.41. The Bertz CT molecular complexity index is 597. The van der Waals surface area contributed by atoms with E-state index in [0.717, 1.165) is 31.7 Å². The van der Waals surface area contributed by atoms with Crippen LogP contribution in [-0.2, 0) is 16.6 Å². The van der Waals surface area contributed by atoms with E-state index >= 15 is 0 Å². The maximum absolute atomic E-state index is 13.3. The summed E-state index contributed by atoms with van der Waals surface area (Å²) in [5, 5.41) is 9.03. The Balaban J connectivity index is 1.83. The van der Waals surface area contributed by atoms with Crippen LogP contribution in [0.4, 0.5) is 4.39 Å². The Morgan fingerprint density at radius 2 is 1.85 bits per heavy atom. The fourth-order valence-electron chi connectivity index (χ4n) is 2.57. The van der Waals surface area contributed by atoms with Crippen LogP contribution in [0.1, 0.15) is 31.2 Å². The van der Waals surface area contributed by atoms with Crippen LogP contribution in [0.3, 0.4) is 0 Å². The van der Waals surface area contributed by atoms with Crippen LogP contribution in [0.25, 0.3) is 0 Å². The summed E-state index contributed by atoms with van der Waals surface area (Å²) in [6, 6.07) is 3.55. The predicted octanol–water partition coefficient (Wildman–Crippen LogP) is 1.78. The van der Waals surface area contributed by atoms with Crippen molar-refractivity contribution < 1.29 is 17.9 Å². The highest BCUT2D eigenvalue weighted by atomic mass is 32.2. The molecule has 2 fully saturated rings. The lowest BCUT2D eigenvalue weighted by Gasteiger charge is -2.18. The van der Waals surface area contributed by atoms with Crippen molar-refractivity contribution in [3.8, 4) is 0 Å². The number of aliphatic hydroxyl groups is 1. The number of hydrogen-bond donors (Lipinski definition) is 2. The van der Waals surface area contributed by atoms with Crippen molar-refractivity contribution in [2.75, 3.05) is 0 Å². The molecule has 0 aliphatic heterocycles. The highest BCUT2D eigenvalue weighted by Gasteiger charge is 2.43. The first-order chi connectivity index (χ1) is 9.51. The van der Waals surface area contributed by atoms with Crippen LogP contribution < -0.4 is 4.72 Å². The number of hydrogen-bond acceptors (Lipinski definition) is 3. The third kappa shape index (κ3) is 2.87. The molecule has 0 saturated heterocycles. The normalized spacial score (nSPS) is 19.6. The van der Waals surface area contributed by atoms with Gasteiger partial charge in [-0.05, 0) is 55.7 Å². The van der Waals surface area contributed by atoms with E-state index in [2.05, 4.69) is 4.72 Å². The van der Waals surface area contributed by atoms with Crippen LogP contribution in [0.5, 0.6) is 0 Å². The lowest BCUT2D eigenvalue weighted by Crippen LogP contribution is -2.38. The summed E-state index contributed by atoms with van der Waals surface area (Å²) < 4.78 is 40.8. The Hall–Kier alpha value is -0.980. The van der Waals surface area contributed by atoms with Gasteiger partial charge < -0.3 is 5.11 Å². The second-order valence-electron chi connectivity index (χ2n) is 5.73. The van der Waals surface area contributed by atoms with Crippen molar-refractivity contribution in [1.29, 1.82) is 0 Å². The second kappa shape index (κ2) is 5.09. The maximum atomic E-state index is 13.3. The van der Waals surface area contributed by atoms with E-state index in [1.165, 1.54) is 12.1 Å². The Labute approximate surface area is 118 Å². The van der Waals surface area contributed by atoms with Gasteiger partial charge in [0.1, 0.15) is 5.82 Å². The molecule has 3 rings (SSSR count). The van der Waals surface area contributed by atoms with Crippen LogP contribution in [0, 0.1) is 17.7 Å². The Morgan fingerprint density at radius 3 is 2.35 bits per heavy atom. The van der Waals surface area contributed by atoms with E-state index in [4.69, 9.17) is 5.11 Å². The molecule has 2 saturated carbocycles. The molecule has 0 bridgehead atoms. The molecule has 0 spiro atoms. The number of sulfonamides is 1. The summed E-state index contributed by atoms with van der Waals surface area (Å²) in [6.07, 6.45) is 4.31. The van der Waals surface area contributed by atoms with Gasteiger partial charge >= 0.3 is 0 Å². The molecule has 2 aliphatic carbocycles. The van der Waals surface area contributed by atoms with Crippen molar-refractivity contribution in [3.05, 3.63) is 29.6 Å². The quantitative estimate of drug-likeness (QED) is 0.841. The third-order valence-electron chi connectivity index (χ3n) is 4.05. The van der Waals surface area contributed by atoms with E-state index in [9.17, 15) is 12.8 Å². The molecule has 1 aromatic carbocycles. The summed E-state index contributed by atoms with van der Waals surface area (Å²) in [6.45, 7) is -0.510. The number of nitrogens with one attached hydrogen (secondary N) is 1. The van der Waals surface area contributed by atoms with Crippen LogP contribution in [0.15, 0.2) is 23.1 Å². The number of rotatable bonds is 6. The molecule has 0 unspecified atom stereocenters. The minimum Gasteiger partial charge on any atom is -0.392 e. The topological polar surface area (TPSA) is 66.4 Å². The van der Waals surface area contributed by atoms with Crippen molar-refractivity contribution in [3.63, 3.8) is 0 Å². The molecule has 1 aromatic rings. The fraction of sp³-hybridized carbons (Fsp3) is 0.571. The van der Waals surface area contributed by atoms with Crippen molar-refractivity contribution in [1.82, 2.24) is 4.72 Å². The molecular formula is C14H18FNO3S. The lowest BCUT2D eigenvalue weighted by molar-refractivity contribution is 0.275.